The molecule has 1 saturated heterocycles. The first kappa shape index (κ1) is 13.0. The first-order chi connectivity index (χ1) is 8.49. The standard InChI is InChI=1S/C12H11BrFNO3/c13-8-1-2-10(14)9(5-8)11(16)15-4-3-7(6-15)12(17)18/h1-2,5,7H,3-4,6H2,(H,17,18)/t7-/m0/s1. The SMILES string of the molecule is O=C(O)[C@H]1CCN(C(=O)c2cc(Br)ccc2F)C1. The third-order valence-electron chi connectivity index (χ3n) is 2.98. The van der Waals surface area contributed by atoms with Gasteiger partial charge in [0.1, 0.15) is 5.82 Å². The van der Waals surface area contributed by atoms with E-state index in [9.17, 15) is 14.0 Å². The molecule has 1 fully saturated rings. The highest BCUT2D eigenvalue weighted by Gasteiger charge is 2.32. The fraction of sp³-hybridized carbons (Fsp3) is 0.333. The number of halogens is 2. The lowest BCUT2D eigenvalue weighted by Crippen LogP contribution is -2.30. The van der Waals surface area contributed by atoms with Crippen LogP contribution in [-0.2, 0) is 4.79 Å². The molecule has 1 N–H and O–H groups in total. The number of aliphatic carboxylic acids is 1. The minimum atomic E-state index is -0.917. The van der Waals surface area contributed by atoms with Gasteiger partial charge in [0.25, 0.3) is 5.91 Å². The van der Waals surface area contributed by atoms with Crippen LogP contribution in [0.4, 0.5) is 4.39 Å². The number of carboxylic acid groups (broad SMARTS) is 1. The summed E-state index contributed by atoms with van der Waals surface area (Å²) < 4.78 is 14.2. The van der Waals surface area contributed by atoms with Gasteiger partial charge in [0.15, 0.2) is 0 Å². The molecule has 0 aromatic heterocycles. The van der Waals surface area contributed by atoms with Crippen LogP contribution in [0.5, 0.6) is 0 Å². The van der Waals surface area contributed by atoms with Crippen LogP contribution in [0, 0.1) is 11.7 Å². The number of carboxylic acids is 1. The molecule has 1 atom stereocenters. The molecule has 4 nitrogen and oxygen atoms in total. The highest BCUT2D eigenvalue weighted by Crippen LogP contribution is 2.22. The van der Waals surface area contributed by atoms with E-state index in [1.165, 1.54) is 23.1 Å². The van der Waals surface area contributed by atoms with Crippen molar-refractivity contribution in [1.29, 1.82) is 0 Å². The van der Waals surface area contributed by atoms with Gasteiger partial charge in [-0.3, -0.25) is 9.59 Å². The van der Waals surface area contributed by atoms with Crippen molar-refractivity contribution >= 4 is 27.8 Å². The second-order valence-corrected chi connectivity index (χ2v) is 5.11. The lowest BCUT2D eigenvalue weighted by molar-refractivity contribution is -0.141. The summed E-state index contributed by atoms with van der Waals surface area (Å²) >= 11 is 3.18. The Morgan fingerprint density at radius 1 is 1.44 bits per heavy atom. The van der Waals surface area contributed by atoms with Crippen LogP contribution in [0.25, 0.3) is 0 Å². The minimum absolute atomic E-state index is 0.0320. The van der Waals surface area contributed by atoms with Gasteiger partial charge in [-0.15, -0.1) is 0 Å². The predicted molar refractivity (Wildman–Crippen MR) is 65.7 cm³/mol. The second-order valence-electron chi connectivity index (χ2n) is 4.20. The Morgan fingerprint density at radius 3 is 2.78 bits per heavy atom. The molecule has 1 amide bonds. The first-order valence-corrected chi connectivity index (χ1v) is 6.25. The van der Waals surface area contributed by atoms with Crippen molar-refractivity contribution in [2.45, 2.75) is 6.42 Å². The normalized spacial score (nSPS) is 19.0. The van der Waals surface area contributed by atoms with Crippen molar-refractivity contribution in [3.8, 4) is 0 Å². The Bertz CT molecular complexity index is 506. The maximum atomic E-state index is 13.5. The van der Waals surface area contributed by atoms with Crippen LogP contribution in [-0.4, -0.2) is 35.0 Å². The Morgan fingerprint density at radius 2 is 2.17 bits per heavy atom. The van der Waals surface area contributed by atoms with E-state index in [1.807, 2.05) is 0 Å². The summed E-state index contributed by atoms with van der Waals surface area (Å²) in [5, 5.41) is 8.86. The zero-order valence-electron chi connectivity index (χ0n) is 9.40. The Labute approximate surface area is 112 Å². The summed E-state index contributed by atoms with van der Waals surface area (Å²) in [4.78, 5) is 24.2. The van der Waals surface area contributed by atoms with E-state index < -0.39 is 23.6 Å². The Hall–Kier alpha value is -1.43. The van der Waals surface area contributed by atoms with Crippen molar-refractivity contribution < 1.29 is 19.1 Å². The van der Waals surface area contributed by atoms with Crippen LogP contribution in [0.2, 0.25) is 0 Å². The molecular weight excluding hydrogens is 305 g/mol. The zero-order chi connectivity index (χ0) is 13.3. The van der Waals surface area contributed by atoms with Gasteiger partial charge < -0.3 is 10.0 Å². The molecule has 96 valence electrons. The number of hydrogen-bond acceptors (Lipinski definition) is 2. The number of nitrogens with zero attached hydrogens (tertiary/aromatic N) is 1. The molecule has 0 radical (unpaired) electrons. The van der Waals surface area contributed by atoms with Crippen LogP contribution < -0.4 is 0 Å². The fourth-order valence-electron chi connectivity index (χ4n) is 1.98. The van der Waals surface area contributed by atoms with Crippen molar-refractivity contribution in [2.75, 3.05) is 13.1 Å². The van der Waals surface area contributed by atoms with Crippen LogP contribution in [0.3, 0.4) is 0 Å². The molecule has 0 bridgehead atoms. The number of likely N-dealkylation sites (tertiary alicyclic amines) is 1. The van der Waals surface area contributed by atoms with Crippen molar-refractivity contribution in [1.82, 2.24) is 4.90 Å². The molecule has 1 aromatic carbocycles. The monoisotopic (exact) mass is 315 g/mol. The van der Waals surface area contributed by atoms with E-state index in [2.05, 4.69) is 15.9 Å². The number of amides is 1. The van der Waals surface area contributed by atoms with E-state index in [0.717, 1.165) is 0 Å². The van der Waals surface area contributed by atoms with Gasteiger partial charge in [0.05, 0.1) is 11.5 Å². The van der Waals surface area contributed by atoms with E-state index in [1.54, 1.807) is 0 Å². The summed E-state index contributed by atoms with van der Waals surface area (Å²) in [5.41, 5.74) is -0.0320. The quantitative estimate of drug-likeness (QED) is 0.909. The molecule has 18 heavy (non-hydrogen) atoms. The minimum Gasteiger partial charge on any atom is -0.481 e. The molecule has 0 aliphatic carbocycles. The molecule has 1 heterocycles. The molecule has 2 rings (SSSR count). The number of rotatable bonds is 2. The smallest absolute Gasteiger partial charge is 0.308 e. The molecule has 1 aliphatic heterocycles. The van der Waals surface area contributed by atoms with Crippen molar-refractivity contribution in [3.63, 3.8) is 0 Å². The summed E-state index contributed by atoms with van der Waals surface area (Å²) in [7, 11) is 0. The molecular formula is C12H11BrFNO3. The fourth-order valence-corrected chi connectivity index (χ4v) is 2.34. The largest absolute Gasteiger partial charge is 0.481 e. The highest BCUT2D eigenvalue weighted by molar-refractivity contribution is 9.10. The Kier molecular flexibility index (Phi) is 3.65. The maximum Gasteiger partial charge on any atom is 0.308 e. The molecule has 1 aromatic rings. The van der Waals surface area contributed by atoms with Gasteiger partial charge in [0, 0.05) is 17.6 Å². The molecule has 1 aliphatic rings. The average Bonchev–Trinajstić information content (AvgIpc) is 2.81. The van der Waals surface area contributed by atoms with Gasteiger partial charge >= 0.3 is 5.97 Å². The van der Waals surface area contributed by atoms with Crippen LogP contribution >= 0.6 is 15.9 Å². The predicted octanol–water partition coefficient (Wildman–Crippen LogP) is 2.13. The Balaban J connectivity index is 2.17. The lowest BCUT2D eigenvalue weighted by atomic mass is 10.1. The second kappa shape index (κ2) is 5.06. The summed E-state index contributed by atoms with van der Waals surface area (Å²) in [5.74, 6) is -2.52. The number of hydrogen-bond donors (Lipinski definition) is 1. The first-order valence-electron chi connectivity index (χ1n) is 5.46. The van der Waals surface area contributed by atoms with E-state index in [-0.39, 0.29) is 12.1 Å². The summed E-state index contributed by atoms with van der Waals surface area (Å²) in [6.45, 7) is 0.488. The van der Waals surface area contributed by atoms with Gasteiger partial charge in [-0.05, 0) is 24.6 Å². The van der Waals surface area contributed by atoms with Gasteiger partial charge in [0.2, 0.25) is 0 Å². The van der Waals surface area contributed by atoms with Gasteiger partial charge in [-0.25, -0.2) is 4.39 Å². The van der Waals surface area contributed by atoms with Gasteiger partial charge in [-0.1, -0.05) is 15.9 Å². The third kappa shape index (κ3) is 2.53. The number of benzene rings is 1. The van der Waals surface area contributed by atoms with E-state index in [0.29, 0.717) is 17.4 Å². The van der Waals surface area contributed by atoms with Crippen molar-refractivity contribution in [3.05, 3.63) is 34.1 Å². The number of carbonyl (C=O) groups excluding carboxylic acids is 1. The maximum absolute atomic E-state index is 13.5. The molecule has 6 heteroatoms. The van der Waals surface area contributed by atoms with Crippen LogP contribution in [0.15, 0.2) is 22.7 Å². The number of carbonyl (C=O) groups is 2. The van der Waals surface area contributed by atoms with E-state index in [4.69, 9.17) is 5.11 Å². The topological polar surface area (TPSA) is 57.6 Å². The summed E-state index contributed by atoms with van der Waals surface area (Å²) in [6.07, 6.45) is 0.413. The average molecular weight is 316 g/mol. The van der Waals surface area contributed by atoms with Gasteiger partial charge in [-0.2, -0.15) is 0 Å². The third-order valence-corrected chi connectivity index (χ3v) is 3.48. The molecule has 0 spiro atoms. The van der Waals surface area contributed by atoms with E-state index >= 15 is 0 Å². The lowest BCUT2D eigenvalue weighted by Gasteiger charge is -2.16. The van der Waals surface area contributed by atoms with Crippen LogP contribution in [0.1, 0.15) is 16.8 Å². The highest BCUT2D eigenvalue weighted by atomic mass is 79.9. The van der Waals surface area contributed by atoms with Crippen molar-refractivity contribution in [2.24, 2.45) is 5.92 Å². The molecule has 0 unspecified atom stereocenters. The zero-order valence-corrected chi connectivity index (χ0v) is 11.0. The molecule has 0 saturated carbocycles. The summed E-state index contributed by atoms with van der Waals surface area (Å²) in [6, 6.07) is 4.13.